The highest BCUT2D eigenvalue weighted by molar-refractivity contribution is 5.29. The molecule has 57 heavy (non-hydrogen) atoms. The third-order valence-corrected chi connectivity index (χ3v) is 12.5. The molecule has 2 unspecified atom stereocenters. The van der Waals surface area contributed by atoms with Crippen LogP contribution in [0.3, 0.4) is 0 Å². The second-order valence-corrected chi connectivity index (χ2v) is 19.4. The highest BCUT2D eigenvalue weighted by Crippen LogP contribution is 2.50. The van der Waals surface area contributed by atoms with Gasteiger partial charge in [0.2, 0.25) is 0 Å². The average Bonchev–Trinajstić information content (AvgIpc) is 3.14. The molecule has 3 aromatic rings. The Hall–Kier alpha value is -2.34. The van der Waals surface area contributed by atoms with Crippen molar-refractivity contribution in [2.24, 2.45) is 40.4 Å². The van der Waals surface area contributed by atoms with Crippen molar-refractivity contribution < 1.29 is 0 Å². The molecule has 0 aliphatic heterocycles. The summed E-state index contributed by atoms with van der Waals surface area (Å²) >= 11 is 0. The maximum Gasteiger partial charge on any atom is -0.00258 e. The summed E-state index contributed by atoms with van der Waals surface area (Å²) in [4.78, 5) is 0. The van der Waals surface area contributed by atoms with E-state index in [-0.39, 0.29) is 14.9 Å². The summed E-state index contributed by atoms with van der Waals surface area (Å²) < 4.78 is 0. The van der Waals surface area contributed by atoms with Crippen LogP contribution in [0.25, 0.3) is 0 Å². The molecule has 3 aromatic carbocycles. The lowest BCUT2D eigenvalue weighted by atomic mass is 9.60. The van der Waals surface area contributed by atoms with E-state index >= 15 is 0 Å². The Morgan fingerprint density at radius 2 is 0.860 bits per heavy atom. The highest BCUT2D eigenvalue weighted by atomic mass is 14.4. The van der Waals surface area contributed by atoms with Crippen LogP contribution < -0.4 is 0 Å². The zero-order valence-corrected chi connectivity index (χ0v) is 39.4. The van der Waals surface area contributed by atoms with Crippen molar-refractivity contribution in [2.45, 2.75) is 215 Å². The second kappa shape index (κ2) is 30.7. The Labute approximate surface area is 360 Å². The van der Waals surface area contributed by atoms with Gasteiger partial charge in [-0.1, -0.05) is 239 Å². The van der Waals surface area contributed by atoms with Gasteiger partial charge in [-0.15, -0.1) is 0 Å². The predicted molar refractivity (Wildman–Crippen MR) is 264 cm³/mol. The van der Waals surface area contributed by atoms with E-state index in [0.29, 0.717) is 10.8 Å². The van der Waals surface area contributed by atoms with Gasteiger partial charge in [0.05, 0.1) is 0 Å². The summed E-state index contributed by atoms with van der Waals surface area (Å²) in [6.45, 7) is 33.7. The lowest BCUT2D eigenvalue weighted by molar-refractivity contribution is 0.0581. The van der Waals surface area contributed by atoms with Crippen molar-refractivity contribution in [1.82, 2.24) is 0 Å². The van der Waals surface area contributed by atoms with Gasteiger partial charge in [0.25, 0.3) is 0 Å². The van der Waals surface area contributed by atoms with Crippen LogP contribution in [0.2, 0.25) is 0 Å². The molecule has 0 heteroatoms. The van der Waals surface area contributed by atoms with Crippen molar-refractivity contribution in [1.29, 1.82) is 0 Å². The fourth-order valence-electron chi connectivity index (χ4n) is 9.34. The van der Waals surface area contributed by atoms with E-state index in [2.05, 4.69) is 163 Å². The van der Waals surface area contributed by atoms with Gasteiger partial charge >= 0.3 is 0 Å². The Morgan fingerprint density at radius 1 is 0.509 bits per heavy atom. The zero-order chi connectivity index (χ0) is 41.4. The van der Waals surface area contributed by atoms with Crippen molar-refractivity contribution in [3.05, 3.63) is 106 Å². The Morgan fingerprint density at radius 3 is 1.16 bits per heavy atom. The smallest absolute Gasteiger partial charge is 0.00258 e. The van der Waals surface area contributed by atoms with E-state index in [1.54, 1.807) is 6.42 Å². The van der Waals surface area contributed by atoms with Crippen molar-refractivity contribution >= 4 is 0 Å². The molecular weight excluding hydrogens is 685 g/mol. The summed E-state index contributed by atoms with van der Waals surface area (Å²) in [5, 5.41) is 0. The van der Waals surface area contributed by atoms with Crippen LogP contribution in [0.4, 0.5) is 0 Å². The molecule has 3 aliphatic carbocycles. The monoisotopic (exact) mass is 785 g/mol. The van der Waals surface area contributed by atoms with E-state index in [9.17, 15) is 0 Å². The fourth-order valence-corrected chi connectivity index (χ4v) is 9.34. The molecule has 0 amide bonds. The minimum atomic E-state index is 0. The Balaban J connectivity index is 0. The van der Waals surface area contributed by atoms with Crippen LogP contribution in [-0.2, 0) is 6.42 Å². The molecule has 0 bridgehead atoms. The molecule has 0 heterocycles. The van der Waals surface area contributed by atoms with Gasteiger partial charge in [-0.2, -0.15) is 0 Å². The SMILES string of the molecule is C.C.CC.CC1CCC(CC2CCC(C)CC2)CC1.CCC.CCC1(C)CC(C)CC(C)(C)C1.Cc1ccc(Cc2ccc(C)cc2)cc1.Cc1ccccc1C. The lowest BCUT2D eigenvalue weighted by Gasteiger charge is -2.45. The second-order valence-electron chi connectivity index (χ2n) is 19.4. The van der Waals surface area contributed by atoms with Crippen LogP contribution in [-0.4, -0.2) is 0 Å². The number of hydrogen-bond acceptors (Lipinski definition) is 0. The van der Waals surface area contributed by atoms with Crippen LogP contribution in [0.5, 0.6) is 0 Å². The van der Waals surface area contributed by atoms with E-state index in [1.165, 1.54) is 117 Å². The van der Waals surface area contributed by atoms with Gasteiger partial charge in [-0.3, -0.25) is 0 Å². The maximum atomic E-state index is 2.46. The van der Waals surface area contributed by atoms with Crippen LogP contribution >= 0.6 is 0 Å². The molecule has 328 valence electrons. The van der Waals surface area contributed by atoms with Gasteiger partial charge in [0.1, 0.15) is 0 Å². The van der Waals surface area contributed by atoms with Crippen LogP contribution in [0.1, 0.15) is 214 Å². The molecule has 2 atom stereocenters. The van der Waals surface area contributed by atoms with E-state index in [0.717, 1.165) is 36.0 Å². The molecule has 0 aromatic heterocycles. The first-order valence-corrected chi connectivity index (χ1v) is 23.2. The summed E-state index contributed by atoms with van der Waals surface area (Å²) in [5.41, 5.74) is 9.35. The highest BCUT2D eigenvalue weighted by Gasteiger charge is 2.38. The lowest BCUT2D eigenvalue weighted by Crippen LogP contribution is -2.34. The van der Waals surface area contributed by atoms with Crippen LogP contribution in [0, 0.1) is 68.1 Å². The van der Waals surface area contributed by atoms with Crippen molar-refractivity contribution in [2.75, 3.05) is 0 Å². The minimum Gasteiger partial charge on any atom is -0.0776 e. The van der Waals surface area contributed by atoms with Gasteiger partial charge in [0.15, 0.2) is 0 Å². The van der Waals surface area contributed by atoms with Gasteiger partial charge in [-0.25, -0.2) is 0 Å². The Kier molecular flexibility index (Phi) is 30.5. The average molecular weight is 785 g/mol. The van der Waals surface area contributed by atoms with E-state index < -0.39 is 0 Å². The number of rotatable bonds is 5. The molecule has 3 aliphatic rings. The first kappa shape index (κ1) is 56.8. The largest absolute Gasteiger partial charge is 0.0776 e. The summed E-state index contributed by atoms with van der Waals surface area (Å²) in [7, 11) is 0. The molecule has 3 saturated carbocycles. The molecular formula is C57H100. The first-order valence-electron chi connectivity index (χ1n) is 23.2. The van der Waals surface area contributed by atoms with Gasteiger partial charge in [0, 0.05) is 0 Å². The fraction of sp³-hybridized carbons (Fsp3) is 0.684. The molecule has 3 fully saturated rings. The standard InChI is InChI=1S/C15H28.C15H16.C12H24.C8H10.C3H8.C2H6.2CH4/c2*1-12-3-7-14(8-4-12)11-15-9-5-13(2)6-10-15;1-6-12(5)8-10(2)7-11(3,4)9-12;1-7-5-3-4-6-8(7)2;1-3-2;1-2;;/h12-15H,3-11H2,1-2H3;3-10H,11H2,1-2H3;10H,6-9H2,1-5H3;3-6H,1-2H3;3H2,1-2H3;1-2H3;2*1H4. The summed E-state index contributed by atoms with van der Waals surface area (Å²) in [6.07, 6.45) is 21.6. The zero-order valence-electron chi connectivity index (χ0n) is 39.4. The van der Waals surface area contributed by atoms with E-state index in [4.69, 9.17) is 0 Å². The first-order chi connectivity index (χ1) is 26.1. The Bertz CT molecular complexity index is 1260. The summed E-state index contributed by atoms with van der Waals surface area (Å²) in [6, 6.07) is 25.9. The third-order valence-electron chi connectivity index (χ3n) is 12.5. The van der Waals surface area contributed by atoms with Crippen LogP contribution in [0.15, 0.2) is 72.8 Å². The molecule has 0 N–H and O–H groups in total. The van der Waals surface area contributed by atoms with Crippen molar-refractivity contribution in [3.8, 4) is 0 Å². The van der Waals surface area contributed by atoms with Gasteiger partial charge < -0.3 is 0 Å². The minimum absolute atomic E-state index is 0. The van der Waals surface area contributed by atoms with Gasteiger partial charge in [-0.05, 0) is 122 Å². The molecule has 0 nitrogen and oxygen atoms in total. The number of hydrogen-bond donors (Lipinski definition) is 0. The third kappa shape index (κ3) is 25.0. The molecule has 6 rings (SSSR count). The normalized spacial score (nSPS) is 24.4. The maximum absolute atomic E-state index is 2.46. The number of aryl methyl sites for hydroxylation is 4. The summed E-state index contributed by atoms with van der Waals surface area (Å²) in [5.74, 6) is 5.16. The quantitative estimate of drug-likeness (QED) is 0.242. The predicted octanol–water partition coefficient (Wildman–Crippen LogP) is 19.2. The topological polar surface area (TPSA) is 0 Å². The molecule has 0 saturated heterocycles. The number of benzene rings is 3. The molecule has 0 radical (unpaired) electrons. The van der Waals surface area contributed by atoms with Crippen molar-refractivity contribution in [3.63, 3.8) is 0 Å². The van der Waals surface area contributed by atoms with E-state index in [1.807, 2.05) is 13.8 Å². The molecule has 0 spiro atoms.